The van der Waals surface area contributed by atoms with E-state index in [2.05, 4.69) is 22.8 Å². The molecule has 2 unspecified atom stereocenters. The molecule has 2 rings (SSSR count). The smallest absolute Gasteiger partial charge is 0.221 e. The summed E-state index contributed by atoms with van der Waals surface area (Å²) in [7, 11) is 1.85. The Kier molecular flexibility index (Phi) is 6.02. The molecule has 0 aliphatic carbocycles. The van der Waals surface area contributed by atoms with Crippen LogP contribution in [0.15, 0.2) is 30.3 Å². The van der Waals surface area contributed by atoms with E-state index in [1.54, 1.807) is 0 Å². The van der Waals surface area contributed by atoms with E-state index in [1.165, 1.54) is 5.56 Å². The minimum absolute atomic E-state index is 0.106. The summed E-state index contributed by atoms with van der Waals surface area (Å²) >= 11 is 0. The van der Waals surface area contributed by atoms with Gasteiger partial charge in [-0.3, -0.25) is 4.79 Å². The topological polar surface area (TPSA) is 50.4 Å². The maximum Gasteiger partial charge on any atom is 0.221 e. The highest BCUT2D eigenvalue weighted by Gasteiger charge is 2.27. The van der Waals surface area contributed by atoms with E-state index in [4.69, 9.17) is 4.74 Å². The van der Waals surface area contributed by atoms with E-state index >= 15 is 0 Å². The summed E-state index contributed by atoms with van der Waals surface area (Å²) in [5.41, 5.74) is 1.21. The number of ether oxygens (including phenoxy) is 1. The van der Waals surface area contributed by atoms with Crippen LogP contribution in [-0.2, 0) is 9.53 Å². The number of carbonyl (C=O) groups excluding carboxylic acids is 1. The van der Waals surface area contributed by atoms with Gasteiger partial charge in [0, 0.05) is 32.0 Å². The van der Waals surface area contributed by atoms with Gasteiger partial charge in [-0.15, -0.1) is 0 Å². The Bertz CT molecular complexity index is 408. The standard InChI is InChI=1S/C16H24N2O2/c1-17-10-9-15(19)18-12-14-8-5-11-20-16(14)13-6-3-2-4-7-13/h2-4,6-7,14,16-17H,5,8-12H2,1H3,(H,18,19). The van der Waals surface area contributed by atoms with Crippen molar-refractivity contribution in [1.82, 2.24) is 10.6 Å². The molecular formula is C16H24N2O2. The number of hydrogen-bond donors (Lipinski definition) is 2. The average molecular weight is 276 g/mol. The predicted octanol–water partition coefficient (Wildman–Crippen LogP) is 1.88. The molecule has 20 heavy (non-hydrogen) atoms. The van der Waals surface area contributed by atoms with Gasteiger partial charge in [0.1, 0.15) is 0 Å². The number of hydrogen-bond acceptors (Lipinski definition) is 3. The van der Waals surface area contributed by atoms with E-state index in [-0.39, 0.29) is 12.0 Å². The first kappa shape index (κ1) is 15.0. The molecule has 1 aliphatic rings. The molecule has 0 spiro atoms. The van der Waals surface area contributed by atoms with Crippen molar-refractivity contribution in [2.24, 2.45) is 5.92 Å². The molecule has 0 radical (unpaired) electrons. The molecule has 110 valence electrons. The zero-order valence-electron chi connectivity index (χ0n) is 12.1. The lowest BCUT2D eigenvalue weighted by Gasteiger charge is -2.32. The molecule has 1 fully saturated rings. The number of amides is 1. The summed E-state index contributed by atoms with van der Waals surface area (Å²) in [6, 6.07) is 10.3. The molecule has 1 saturated heterocycles. The van der Waals surface area contributed by atoms with Crippen molar-refractivity contribution < 1.29 is 9.53 Å². The van der Waals surface area contributed by atoms with Crippen molar-refractivity contribution >= 4 is 5.91 Å². The van der Waals surface area contributed by atoms with E-state index in [0.29, 0.717) is 18.9 Å². The Hall–Kier alpha value is -1.39. The lowest BCUT2D eigenvalue weighted by atomic mass is 9.89. The van der Waals surface area contributed by atoms with Crippen LogP contribution < -0.4 is 10.6 Å². The summed E-state index contributed by atoms with van der Waals surface area (Å²) < 4.78 is 5.93. The fourth-order valence-electron chi connectivity index (χ4n) is 2.64. The highest BCUT2D eigenvalue weighted by Crippen LogP contribution is 2.32. The predicted molar refractivity (Wildman–Crippen MR) is 79.4 cm³/mol. The first-order valence-corrected chi connectivity index (χ1v) is 7.39. The molecule has 2 N–H and O–H groups in total. The first-order chi connectivity index (χ1) is 9.81. The van der Waals surface area contributed by atoms with Crippen LogP contribution in [0.5, 0.6) is 0 Å². The number of benzene rings is 1. The van der Waals surface area contributed by atoms with Gasteiger partial charge in [0.15, 0.2) is 0 Å². The van der Waals surface area contributed by atoms with Gasteiger partial charge < -0.3 is 15.4 Å². The van der Waals surface area contributed by atoms with Gasteiger partial charge in [0.05, 0.1) is 6.10 Å². The van der Waals surface area contributed by atoms with Crippen LogP contribution in [0.1, 0.15) is 30.9 Å². The highest BCUT2D eigenvalue weighted by molar-refractivity contribution is 5.76. The van der Waals surface area contributed by atoms with Gasteiger partial charge in [0.25, 0.3) is 0 Å². The Morgan fingerprint density at radius 1 is 1.35 bits per heavy atom. The average Bonchev–Trinajstić information content (AvgIpc) is 2.52. The van der Waals surface area contributed by atoms with Crippen LogP contribution in [0.4, 0.5) is 0 Å². The zero-order chi connectivity index (χ0) is 14.2. The minimum Gasteiger partial charge on any atom is -0.373 e. The molecule has 1 amide bonds. The third-order valence-electron chi connectivity index (χ3n) is 3.74. The summed E-state index contributed by atoms with van der Waals surface area (Å²) in [6.07, 6.45) is 2.81. The van der Waals surface area contributed by atoms with Gasteiger partial charge in [0.2, 0.25) is 5.91 Å². The summed E-state index contributed by atoms with van der Waals surface area (Å²) in [6.45, 7) is 2.22. The molecule has 0 aromatic heterocycles. The second-order valence-electron chi connectivity index (χ2n) is 5.26. The highest BCUT2D eigenvalue weighted by atomic mass is 16.5. The molecule has 1 aliphatic heterocycles. The van der Waals surface area contributed by atoms with Crippen LogP contribution in [0.3, 0.4) is 0 Å². The van der Waals surface area contributed by atoms with Gasteiger partial charge in [-0.1, -0.05) is 30.3 Å². The number of carbonyl (C=O) groups is 1. The van der Waals surface area contributed by atoms with E-state index in [9.17, 15) is 4.79 Å². The SMILES string of the molecule is CNCCC(=O)NCC1CCCOC1c1ccccc1. The minimum atomic E-state index is 0.106. The molecule has 2 atom stereocenters. The quantitative estimate of drug-likeness (QED) is 0.834. The van der Waals surface area contributed by atoms with Crippen molar-refractivity contribution in [3.05, 3.63) is 35.9 Å². The molecule has 1 aromatic rings. The van der Waals surface area contributed by atoms with E-state index < -0.39 is 0 Å². The molecule has 4 heteroatoms. The molecular weight excluding hydrogens is 252 g/mol. The van der Waals surface area contributed by atoms with Crippen molar-refractivity contribution in [3.8, 4) is 0 Å². The van der Waals surface area contributed by atoms with Crippen LogP contribution in [0.25, 0.3) is 0 Å². The van der Waals surface area contributed by atoms with Crippen LogP contribution in [-0.4, -0.2) is 32.7 Å². The van der Waals surface area contributed by atoms with Gasteiger partial charge in [-0.25, -0.2) is 0 Å². The first-order valence-electron chi connectivity index (χ1n) is 7.39. The lowest BCUT2D eigenvalue weighted by Crippen LogP contribution is -2.35. The molecule has 4 nitrogen and oxygen atoms in total. The van der Waals surface area contributed by atoms with Crippen LogP contribution in [0, 0.1) is 5.92 Å². The Morgan fingerprint density at radius 2 is 2.15 bits per heavy atom. The normalized spacial score (nSPS) is 22.4. The molecule has 0 bridgehead atoms. The fourth-order valence-corrected chi connectivity index (χ4v) is 2.64. The lowest BCUT2D eigenvalue weighted by molar-refractivity contribution is -0.121. The third kappa shape index (κ3) is 4.32. The molecule has 0 saturated carbocycles. The van der Waals surface area contributed by atoms with Gasteiger partial charge >= 0.3 is 0 Å². The van der Waals surface area contributed by atoms with Crippen molar-refractivity contribution in [3.63, 3.8) is 0 Å². The van der Waals surface area contributed by atoms with Crippen LogP contribution in [0.2, 0.25) is 0 Å². The Morgan fingerprint density at radius 3 is 2.90 bits per heavy atom. The van der Waals surface area contributed by atoms with Crippen molar-refractivity contribution in [2.75, 3.05) is 26.7 Å². The summed E-state index contributed by atoms with van der Waals surface area (Å²) in [4.78, 5) is 11.7. The zero-order valence-corrected chi connectivity index (χ0v) is 12.1. The van der Waals surface area contributed by atoms with Crippen molar-refractivity contribution in [2.45, 2.75) is 25.4 Å². The second-order valence-corrected chi connectivity index (χ2v) is 5.26. The number of nitrogens with one attached hydrogen (secondary N) is 2. The molecule has 1 heterocycles. The van der Waals surface area contributed by atoms with Gasteiger partial charge in [-0.05, 0) is 25.5 Å². The van der Waals surface area contributed by atoms with Crippen molar-refractivity contribution in [1.29, 1.82) is 0 Å². The third-order valence-corrected chi connectivity index (χ3v) is 3.74. The maximum absolute atomic E-state index is 11.7. The largest absolute Gasteiger partial charge is 0.373 e. The monoisotopic (exact) mass is 276 g/mol. The second kappa shape index (κ2) is 8.02. The summed E-state index contributed by atoms with van der Waals surface area (Å²) in [5.74, 6) is 0.474. The Balaban J connectivity index is 1.89. The maximum atomic E-state index is 11.7. The number of rotatable bonds is 6. The van der Waals surface area contributed by atoms with E-state index in [1.807, 2.05) is 25.2 Å². The molecule has 1 aromatic carbocycles. The summed E-state index contributed by atoms with van der Waals surface area (Å²) in [5, 5.41) is 6.01. The van der Waals surface area contributed by atoms with E-state index in [0.717, 1.165) is 26.0 Å². The Labute approximate surface area is 120 Å². The van der Waals surface area contributed by atoms with Gasteiger partial charge in [-0.2, -0.15) is 0 Å². The fraction of sp³-hybridized carbons (Fsp3) is 0.562. The van der Waals surface area contributed by atoms with Crippen LogP contribution >= 0.6 is 0 Å².